The zero-order chi connectivity index (χ0) is 17.8. The van der Waals surface area contributed by atoms with Crippen LogP contribution in [0.25, 0.3) is 12.2 Å². The first-order valence-corrected chi connectivity index (χ1v) is 8.52. The summed E-state index contributed by atoms with van der Waals surface area (Å²) in [5.41, 5.74) is 5.73. The molecule has 0 radical (unpaired) electrons. The summed E-state index contributed by atoms with van der Waals surface area (Å²) in [7, 11) is 0. The van der Waals surface area contributed by atoms with Crippen LogP contribution in [-0.2, 0) is 4.79 Å². The molecule has 0 unspecified atom stereocenters. The van der Waals surface area contributed by atoms with E-state index in [1.165, 1.54) is 11.1 Å². The van der Waals surface area contributed by atoms with Crippen LogP contribution in [0.1, 0.15) is 35.1 Å². The first-order chi connectivity index (χ1) is 12.0. The molecule has 0 fully saturated rings. The average Bonchev–Trinajstić information content (AvgIpc) is 2.97. The average molecular weight is 330 g/mol. The van der Waals surface area contributed by atoms with Crippen molar-refractivity contribution in [3.8, 4) is 0 Å². The lowest BCUT2D eigenvalue weighted by Gasteiger charge is -2.01. The number of allylic oxidation sites excluding steroid dienone is 3. The number of aliphatic hydroxyl groups is 1. The summed E-state index contributed by atoms with van der Waals surface area (Å²) in [6.07, 6.45) is 6.58. The van der Waals surface area contributed by atoms with Gasteiger partial charge in [0.05, 0.1) is 0 Å². The largest absolute Gasteiger partial charge is 0.507 e. The van der Waals surface area contributed by atoms with Crippen molar-refractivity contribution in [2.75, 3.05) is 0 Å². The van der Waals surface area contributed by atoms with E-state index in [1.54, 1.807) is 12.2 Å². The Morgan fingerprint density at radius 3 is 2.04 bits per heavy atom. The molecular formula is C23H22O2. The van der Waals surface area contributed by atoms with Crippen molar-refractivity contribution in [1.82, 2.24) is 0 Å². The van der Waals surface area contributed by atoms with Crippen molar-refractivity contribution >= 4 is 17.9 Å². The Hall–Kier alpha value is -2.87. The number of aliphatic hydroxyl groups excluding tert-OH is 1. The molecule has 1 aliphatic rings. The molecule has 2 heteroatoms. The SMILES string of the molecule is Cc1ccc(/C=C/C(=O)C2=C(O)/C(=C/c3ccc(C)cc3)CC2)cc1. The smallest absolute Gasteiger partial charge is 0.185 e. The topological polar surface area (TPSA) is 37.3 Å². The molecule has 25 heavy (non-hydrogen) atoms. The molecule has 2 aromatic rings. The fourth-order valence-corrected chi connectivity index (χ4v) is 2.88. The number of aryl methyl sites for hydroxylation is 2. The number of carbonyl (C=O) groups excluding carboxylic acids is 1. The molecule has 0 aliphatic heterocycles. The van der Waals surface area contributed by atoms with E-state index in [1.807, 2.05) is 68.5 Å². The number of hydrogen-bond donors (Lipinski definition) is 1. The van der Waals surface area contributed by atoms with Crippen molar-refractivity contribution < 1.29 is 9.90 Å². The standard InChI is InChI=1S/C23H22O2/c1-16-3-7-18(8-4-16)11-14-22(24)21-13-12-20(23(21)25)15-19-9-5-17(2)6-10-19/h3-11,14-15,25H,12-13H2,1-2H3/b14-11+,20-15+. The van der Waals surface area contributed by atoms with Gasteiger partial charge in [0, 0.05) is 5.57 Å². The monoisotopic (exact) mass is 330 g/mol. The molecule has 0 saturated heterocycles. The van der Waals surface area contributed by atoms with Crippen LogP contribution in [0.5, 0.6) is 0 Å². The van der Waals surface area contributed by atoms with Gasteiger partial charge < -0.3 is 5.11 Å². The Bertz CT molecular complexity index is 863. The van der Waals surface area contributed by atoms with E-state index >= 15 is 0 Å². The van der Waals surface area contributed by atoms with E-state index in [4.69, 9.17) is 0 Å². The second kappa shape index (κ2) is 7.35. The lowest BCUT2D eigenvalue weighted by atomic mass is 10.1. The molecule has 0 aromatic heterocycles. The van der Waals surface area contributed by atoms with Crippen LogP contribution in [0.2, 0.25) is 0 Å². The third-order valence-electron chi connectivity index (χ3n) is 4.45. The van der Waals surface area contributed by atoms with Gasteiger partial charge in [-0.25, -0.2) is 0 Å². The Morgan fingerprint density at radius 1 is 0.880 bits per heavy atom. The third kappa shape index (κ3) is 4.16. The van der Waals surface area contributed by atoms with E-state index in [2.05, 4.69) is 0 Å². The molecule has 0 saturated carbocycles. The molecule has 0 spiro atoms. The lowest BCUT2D eigenvalue weighted by Crippen LogP contribution is -1.98. The van der Waals surface area contributed by atoms with Crippen LogP contribution < -0.4 is 0 Å². The Labute approximate surface area is 148 Å². The summed E-state index contributed by atoms with van der Waals surface area (Å²) >= 11 is 0. The van der Waals surface area contributed by atoms with Gasteiger partial charge in [-0.2, -0.15) is 0 Å². The predicted octanol–water partition coefficient (Wildman–Crippen LogP) is 5.58. The highest BCUT2D eigenvalue weighted by Crippen LogP contribution is 2.32. The summed E-state index contributed by atoms with van der Waals surface area (Å²) in [5.74, 6) is 0.0181. The second-order valence-electron chi connectivity index (χ2n) is 6.52. The van der Waals surface area contributed by atoms with Crippen molar-refractivity contribution in [3.05, 3.63) is 93.8 Å². The number of carbonyl (C=O) groups is 1. The number of hydrogen-bond acceptors (Lipinski definition) is 2. The van der Waals surface area contributed by atoms with Gasteiger partial charge in [0.25, 0.3) is 0 Å². The van der Waals surface area contributed by atoms with Gasteiger partial charge in [-0.15, -0.1) is 0 Å². The number of ketones is 1. The normalized spacial score (nSPS) is 16.2. The summed E-state index contributed by atoms with van der Waals surface area (Å²) in [5, 5.41) is 10.4. The Kier molecular flexibility index (Phi) is 4.99. The molecule has 1 aliphatic carbocycles. The molecule has 0 bridgehead atoms. The van der Waals surface area contributed by atoms with Gasteiger partial charge in [-0.1, -0.05) is 65.7 Å². The highest BCUT2D eigenvalue weighted by atomic mass is 16.3. The number of benzene rings is 2. The van der Waals surface area contributed by atoms with Crippen LogP contribution in [0.15, 0.2) is 71.5 Å². The zero-order valence-electron chi connectivity index (χ0n) is 14.6. The summed E-state index contributed by atoms with van der Waals surface area (Å²) in [4.78, 5) is 12.4. The highest BCUT2D eigenvalue weighted by Gasteiger charge is 2.23. The number of rotatable bonds is 4. The fraction of sp³-hybridized carbons (Fsp3) is 0.174. The van der Waals surface area contributed by atoms with Gasteiger partial charge in [0.2, 0.25) is 0 Å². The van der Waals surface area contributed by atoms with Crippen molar-refractivity contribution in [3.63, 3.8) is 0 Å². The van der Waals surface area contributed by atoms with Crippen LogP contribution >= 0.6 is 0 Å². The predicted molar refractivity (Wildman–Crippen MR) is 103 cm³/mol. The van der Waals surface area contributed by atoms with Gasteiger partial charge >= 0.3 is 0 Å². The summed E-state index contributed by atoms with van der Waals surface area (Å²) in [6, 6.07) is 16.1. The maximum absolute atomic E-state index is 12.4. The van der Waals surface area contributed by atoms with Crippen LogP contribution in [0.4, 0.5) is 0 Å². The van der Waals surface area contributed by atoms with Gasteiger partial charge in [0.15, 0.2) is 5.78 Å². The van der Waals surface area contributed by atoms with Crippen molar-refractivity contribution in [1.29, 1.82) is 0 Å². The van der Waals surface area contributed by atoms with Gasteiger partial charge in [-0.3, -0.25) is 4.79 Å². The molecular weight excluding hydrogens is 308 g/mol. The third-order valence-corrected chi connectivity index (χ3v) is 4.45. The lowest BCUT2D eigenvalue weighted by molar-refractivity contribution is -0.111. The van der Waals surface area contributed by atoms with Crippen LogP contribution in [0, 0.1) is 13.8 Å². The molecule has 2 nitrogen and oxygen atoms in total. The minimum atomic E-state index is -0.120. The van der Waals surface area contributed by atoms with E-state index in [-0.39, 0.29) is 11.5 Å². The van der Waals surface area contributed by atoms with Crippen molar-refractivity contribution in [2.45, 2.75) is 26.7 Å². The molecule has 126 valence electrons. The minimum absolute atomic E-state index is 0.120. The highest BCUT2D eigenvalue weighted by molar-refractivity contribution is 6.07. The maximum Gasteiger partial charge on any atom is 0.185 e. The van der Waals surface area contributed by atoms with Gasteiger partial charge in [-0.05, 0) is 55.5 Å². The zero-order valence-corrected chi connectivity index (χ0v) is 14.6. The molecule has 0 atom stereocenters. The molecule has 3 rings (SSSR count). The van der Waals surface area contributed by atoms with Crippen LogP contribution in [0.3, 0.4) is 0 Å². The summed E-state index contributed by atoms with van der Waals surface area (Å²) in [6.45, 7) is 4.07. The van der Waals surface area contributed by atoms with Gasteiger partial charge in [0.1, 0.15) is 5.76 Å². The first kappa shape index (κ1) is 17.0. The molecule has 2 aromatic carbocycles. The molecule has 0 amide bonds. The quantitative estimate of drug-likeness (QED) is 0.744. The molecule has 1 N–H and O–H groups in total. The van der Waals surface area contributed by atoms with Crippen molar-refractivity contribution in [2.24, 2.45) is 0 Å². The Morgan fingerprint density at radius 2 is 1.44 bits per heavy atom. The molecule has 0 heterocycles. The maximum atomic E-state index is 12.4. The second-order valence-corrected chi connectivity index (χ2v) is 6.52. The Balaban J connectivity index is 1.77. The fourth-order valence-electron chi connectivity index (χ4n) is 2.88. The summed E-state index contributed by atoms with van der Waals surface area (Å²) < 4.78 is 0. The van der Waals surface area contributed by atoms with E-state index in [0.29, 0.717) is 18.4 Å². The first-order valence-electron chi connectivity index (χ1n) is 8.52. The van der Waals surface area contributed by atoms with E-state index in [9.17, 15) is 9.90 Å². The van der Waals surface area contributed by atoms with E-state index < -0.39 is 0 Å². The minimum Gasteiger partial charge on any atom is -0.507 e. The van der Waals surface area contributed by atoms with E-state index in [0.717, 1.165) is 16.7 Å². The van der Waals surface area contributed by atoms with Crippen LogP contribution in [-0.4, -0.2) is 10.9 Å².